The highest BCUT2D eigenvalue weighted by atomic mass is 32.2. The molecule has 0 radical (unpaired) electrons. The number of fused-ring (bicyclic) bond motifs is 2. The van der Waals surface area contributed by atoms with Crippen molar-refractivity contribution in [2.24, 2.45) is 4.99 Å². The number of carbonyl (C=O) groups is 1. The van der Waals surface area contributed by atoms with Crippen LogP contribution in [0.4, 0.5) is 0 Å². The molecule has 4 aromatic rings. The van der Waals surface area contributed by atoms with Gasteiger partial charge in [-0.3, -0.25) is 4.79 Å². The second-order valence-corrected chi connectivity index (χ2v) is 10.5. The third-order valence-electron chi connectivity index (χ3n) is 4.43. The van der Waals surface area contributed by atoms with Crippen molar-refractivity contribution in [1.82, 2.24) is 4.57 Å². The van der Waals surface area contributed by atoms with Crippen molar-refractivity contribution in [2.75, 3.05) is 18.3 Å². The van der Waals surface area contributed by atoms with Crippen LogP contribution < -0.4 is 4.80 Å². The normalized spacial score (nSPS) is 12.8. The van der Waals surface area contributed by atoms with Gasteiger partial charge in [-0.1, -0.05) is 29.5 Å². The van der Waals surface area contributed by atoms with Crippen molar-refractivity contribution in [3.63, 3.8) is 0 Å². The molecule has 0 aliphatic rings. The van der Waals surface area contributed by atoms with Gasteiger partial charge >= 0.3 is 5.91 Å². The second-order valence-electron chi connectivity index (χ2n) is 6.50. The lowest BCUT2D eigenvalue weighted by atomic mass is 10.2. The van der Waals surface area contributed by atoms with Gasteiger partial charge in [0, 0.05) is 23.9 Å². The average Bonchev–Trinajstić information content (AvgIpc) is 3.26. The molecule has 150 valence electrons. The summed E-state index contributed by atoms with van der Waals surface area (Å²) in [5.41, 5.74) is 1.49. The summed E-state index contributed by atoms with van der Waals surface area (Å²) >= 11 is 2.98. The highest BCUT2D eigenvalue weighted by Gasteiger charge is 2.15. The molecule has 2 aromatic heterocycles. The summed E-state index contributed by atoms with van der Waals surface area (Å²) in [6.07, 6.45) is 3.19. The first-order valence-electron chi connectivity index (χ1n) is 8.77. The van der Waals surface area contributed by atoms with Crippen LogP contribution in [0.5, 0.6) is 0 Å². The Hall–Kier alpha value is -2.36. The van der Waals surface area contributed by atoms with Crippen molar-refractivity contribution in [3.05, 3.63) is 59.1 Å². The molecule has 0 atom stereocenters. The van der Waals surface area contributed by atoms with Crippen LogP contribution in [0.1, 0.15) is 10.6 Å². The van der Waals surface area contributed by atoms with Gasteiger partial charge in [0.25, 0.3) is 0 Å². The van der Waals surface area contributed by atoms with E-state index in [1.807, 2.05) is 29.0 Å². The molecule has 0 bridgehead atoms. The van der Waals surface area contributed by atoms with E-state index in [9.17, 15) is 13.2 Å². The van der Waals surface area contributed by atoms with Crippen molar-refractivity contribution < 1.29 is 17.6 Å². The van der Waals surface area contributed by atoms with E-state index in [0.29, 0.717) is 16.9 Å². The van der Waals surface area contributed by atoms with Gasteiger partial charge in [0.1, 0.15) is 5.58 Å². The number of aryl methyl sites for hydroxylation is 1. The molecule has 0 unspecified atom stereocenters. The minimum absolute atomic E-state index is 0.178. The summed E-state index contributed by atoms with van der Waals surface area (Å²) < 4.78 is 32.1. The molecule has 29 heavy (non-hydrogen) atoms. The summed E-state index contributed by atoms with van der Waals surface area (Å²) in [5, 5.41) is 0.843. The Balaban J connectivity index is 1.84. The minimum atomic E-state index is -3.31. The predicted molar refractivity (Wildman–Crippen MR) is 117 cm³/mol. The lowest BCUT2D eigenvalue weighted by molar-refractivity contribution is 0.0973. The topological polar surface area (TPSA) is 81.6 Å². The summed E-state index contributed by atoms with van der Waals surface area (Å²) in [7, 11) is -3.31. The summed E-state index contributed by atoms with van der Waals surface area (Å²) in [6.45, 7) is 0.658. The Morgan fingerprint density at radius 2 is 2.00 bits per heavy atom. The Morgan fingerprint density at radius 3 is 2.72 bits per heavy atom. The van der Waals surface area contributed by atoms with Gasteiger partial charge in [0.05, 0.1) is 15.1 Å². The molecule has 0 fully saturated rings. The van der Waals surface area contributed by atoms with E-state index in [4.69, 9.17) is 4.42 Å². The number of para-hydroxylation sites is 1. The molecule has 4 rings (SSSR count). The molecule has 1 amide bonds. The maximum Gasteiger partial charge on any atom is 0.315 e. The average molecular weight is 447 g/mol. The molecular weight excluding hydrogens is 428 g/mol. The number of hydrogen-bond donors (Lipinski definition) is 0. The highest BCUT2D eigenvalue weighted by molar-refractivity contribution is 7.98. The van der Waals surface area contributed by atoms with E-state index in [1.54, 1.807) is 42.1 Å². The van der Waals surface area contributed by atoms with Gasteiger partial charge in [-0.25, -0.2) is 8.42 Å². The van der Waals surface area contributed by atoms with Crippen LogP contribution >= 0.6 is 23.1 Å². The Bertz CT molecular complexity index is 1360. The number of thioether (sulfide) groups is 1. The quantitative estimate of drug-likeness (QED) is 0.464. The smallest absolute Gasteiger partial charge is 0.315 e. The Morgan fingerprint density at radius 1 is 1.21 bits per heavy atom. The third-order valence-corrected chi connectivity index (χ3v) is 7.18. The zero-order chi connectivity index (χ0) is 20.6. The van der Waals surface area contributed by atoms with E-state index in [0.717, 1.165) is 21.4 Å². The molecule has 0 aliphatic heterocycles. The Kier molecular flexibility index (Phi) is 5.37. The standard InChI is InChI=1S/C20H18N2O4S3/c1-27-10-9-22-15-8-7-14(29(2,24)25)12-18(15)28-20(22)21-19(23)17-11-13-5-3-4-6-16(13)26-17/h3-8,11-12H,9-10H2,1-2H3. The first-order valence-corrected chi connectivity index (χ1v) is 12.9. The second kappa shape index (κ2) is 7.81. The van der Waals surface area contributed by atoms with Gasteiger partial charge < -0.3 is 8.98 Å². The van der Waals surface area contributed by atoms with Crippen LogP contribution in [0.3, 0.4) is 0 Å². The fourth-order valence-electron chi connectivity index (χ4n) is 3.00. The predicted octanol–water partition coefficient (Wildman–Crippen LogP) is 3.96. The van der Waals surface area contributed by atoms with E-state index in [1.165, 1.54) is 17.6 Å². The van der Waals surface area contributed by atoms with Gasteiger partial charge in [-0.2, -0.15) is 16.8 Å². The fraction of sp³-hybridized carbons (Fsp3) is 0.200. The molecule has 0 saturated heterocycles. The third kappa shape index (κ3) is 4.03. The van der Waals surface area contributed by atoms with E-state index in [-0.39, 0.29) is 10.7 Å². The number of hydrogen-bond acceptors (Lipinski definition) is 6. The number of thiazole rings is 1. The van der Waals surface area contributed by atoms with Crippen molar-refractivity contribution in [2.45, 2.75) is 11.4 Å². The molecule has 6 nitrogen and oxygen atoms in total. The molecule has 9 heteroatoms. The number of aromatic nitrogens is 1. The number of sulfone groups is 1. The van der Waals surface area contributed by atoms with Crippen LogP contribution in [0.15, 0.2) is 62.8 Å². The number of amides is 1. The number of furan rings is 1. The van der Waals surface area contributed by atoms with Crippen molar-refractivity contribution in [1.29, 1.82) is 0 Å². The zero-order valence-electron chi connectivity index (χ0n) is 15.8. The Labute approximate surface area is 175 Å². The van der Waals surface area contributed by atoms with Gasteiger partial charge in [-0.05, 0) is 36.6 Å². The van der Waals surface area contributed by atoms with E-state index < -0.39 is 15.7 Å². The SMILES string of the molecule is CSCCn1c(=NC(=O)c2cc3ccccc3o2)sc2cc(S(C)(=O)=O)ccc21. The van der Waals surface area contributed by atoms with E-state index >= 15 is 0 Å². The van der Waals surface area contributed by atoms with Crippen LogP contribution in [-0.2, 0) is 16.4 Å². The number of benzene rings is 2. The molecule has 0 N–H and O–H groups in total. The highest BCUT2D eigenvalue weighted by Crippen LogP contribution is 2.23. The first-order chi connectivity index (χ1) is 13.9. The summed E-state index contributed by atoms with van der Waals surface area (Å²) in [6, 6.07) is 14.1. The number of carbonyl (C=O) groups excluding carboxylic acids is 1. The molecule has 2 heterocycles. The van der Waals surface area contributed by atoms with Gasteiger partial charge in [0.15, 0.2) is 20.4 Å². The molecule has 0 saturated carbocycles. The number of rotatable bonds is 5. The van der Waals surface area contributed by atoms with Crippen molar-refractivity contribution in [3.8, 4) is 0 Å². The monoisotopic (exact) mass is 446 g/mol. The zero-order valence-corrected chi connectivity index (χ0v) is 18.2. The molecule has 2 aromatic carbocycles. The number of nitrogens with zero attached hydrogens (tertiary/aromatic N) is 2. The fourth-order valence-corrected chi connectivity index (χ4v) is 5.18. The van der Waals surface area contributed by atoms with Crippen LogP contribution in [-0.4, -0.2) is 37.2 Å². The molecular formula is C20H18N2O4S3. The molecule has 0 aliphatic carbocycles. The van der Waals surface area contributed by atoms with Crippen molar-refractivity contribution >= 4 is 60.0 Å². The largest absolute Gasteiger partial charge is 0.451 e. The maximum absolute atomic E-state index is 12.7. The summed E-state index contributed by atoms with van der Waals surface area (Å²) in [5.74, 6) is 0.553. The minimum Gasteiger partial charge on any atom is -0.451 e. The summed E-state index contributed by atoms with van der Waals surface area (Å²) in [4.78, 5) is 17.8. The first kappa shape index (κ1) is 19.9. The lowest BCUT2D eigenvalue weighted by Crippen LogP contribution is -2.18. The van der Waals surface area contributed by atoms with E-state index in [2.05, 4.69) is 4.99 Å². The van der Waals surface area contributed by atoms with Crippen LogP contribution in [0.25, 0.3) is 21.2 Å². The molecule has 0 spiro atoms. The van der Waals surface area contributed by atoms with Crippen LogP contribution in [0.2, 0.25) is 0 Å². The lowest BCUT2D eigenvalue weighted by Gasteiger charge is -2.04. The van der Waals surface area contributed by atoms with Gasteiger partial charge in [0.2, 0.25) is 0 Å². The maximum atomic E-state index is 12.7. The van der Waals surface area contributed by atoms with Gasteiger partial charge in [-0.15, -0.1) is 0 Å². The van der Waals surface area contributed by atoms with Crippen LogP contribution in [0, 0.1) is 0 Å².